The first-order valence-electron chi connectivity index (χ1n) is 8.94. The van der Waals surface area contributed by atoms with Crippen LogP contribution in [0.5, 0.6) is 11.5 Å². The van der Waals surface area contributed by atoms with Crippen LogP contribution in [-0.4, -0.2) is 29.7 Å². The van der Waals surface area contributed by atoms with Gasteiger partial charge >= 0.3 is 0 Å². The fourth-order valence-corrected chi connectivity index (χ4v) is 3.02. The van der Waals surface area contributed by atoms with Crippen molar-refractivity contribution in [2.24, 2.45) is 7.05 Å². The zero-order valence-electron chi connectivity index (χ0n) is 16.4. The Bertz CT molecular complexity index is 990. The summed E-state index contributed by atoms with van der Waals surface area (Å²) in [5.41, 5.74) is 1.67. The number of benzene rings is 2. The molecule has 0 aliphatic rings. The summed E-state index contributed by atoms with van der Waals surface area (Å²) in [5, 5.41) is 3.64. The summed E-state index contributed by atoms with van der Waals surface area (Å²) in [4.78, 5) is 17.0. The van der Waals surface area contributed by atoms with Crippen LogP contribution < -0.4 is 14.8 Å². The summed E-state index contributed by atoms with van der Waals surface area (Å²) in [6.45, 7) is 0. The number of halogens is 1. The molecule has 29 heavy (non-hydrogen) atoms. The number of nitrogens with zero attached hydrogens (tertiary/aromatic N) is 2. The molecule has 0 aliphatic heterocycles. The zero-order chi connectivity index (χ0) is 20.8. The highest BCUT2D eigenvalue weighted by atomic mass is 35.5. The van der Waals surface area contributed by atoms with Crippen molar-refractivity contribution in [3.05, 3.63) is 82.9 Å². The number of aromatic nitrogens is 2. The van der Waals surface area contributed by atoms with Crippen molar-refractivity contribution >= 4 is 23.6 Å². The van der Waals surface area contributed by atoms with Gasteiger partial charge in [0.05, 0.1) is 14.2 Å². The molecule has 1 amide bonds. The van der Waals surface area contributed by atoms with E-state index in [0.717, 1.165) is 17.0 Å². The Kier molecular flexibility index (Phi) is 6.57. The van der Waals surface area contributed by atoms with Crippen LogP contribution in [0.25, 0.3) is 6.08 Å². The molecule has 0 fully saturated rings. The van der Waals surface area contributed by atoms with Gasteiger partial charge in [-0.05, 0) is 41.5 Å². The number of ether oxygens (including phenoxy) is 2. The molecule has 3 rings (SSSR count). The number of hydrogen-bond acceptors (Lipinski definition) is 4. The van der Waals surface area contributed by atoms with Crippen LogP contribution >= 0.6 is 11.6 Å². The average Bonchev–Trinajstić information content (AvgIpc) is 3.16. The lowest BCUT2D eigenvalue weighted by atomic mass is 10.1. The number of imidazole rings is 1. The van der Waals surface area contributed by atoms with Crippen LogP contribution in [0.4, 0.5) is 0 Å². The molecule has 0 aliphatic carbocycles. The smallest absolute Gasteiger partial charge is 0.244 e. The molecule has 0 saturated heterocycles. The molecule has 0 saturated carbocycles. The fourth-order valence-electron chi connectivity index (χ4n) is 2.90. The Morgan fingerprint density at radius 3 is 2.34 bits per heavy atom. The van der Waals surface area contributed by atoms with Crippen molar-refractivity contribution in [3.63, 3.8) is 0 Å². The van der Waals surface area contributed by atoms with Crippen LogP contribution in [0.3, 0.4) is 0 Å². The lowest BCUT2D eigenvalue weighted by Gasteiger charge is -2.18. The second-order valence-electron chi connectivity index (χ2n) is 6.37. The van der Waals surface area contributed by atoms with E-state index in [0.29, 0.717) is 16.5 Å². The van der Waals surface area contributed by atoms with Gasteiger partial charge in [-0.25, -0.2) is 4.98 Å². The molecule has 0 spiro atoms. The number of rotatable bonds is 7. The van der Waals surface area contributed by atoms with E-state index in [-0.39, 0.29) is 5.91 Å². The number of methoxy groups -OCH3 is 2. The highest BCUT2D eigenvalue weighted by Gasteiger charge is 2.19. The first-order chi connectivity index (χ1) is 14.0. The second-order valence-corrected chi connectivity index (χ2v) is 6.81. The monoisotopic (exact) mass is 411 g/mol. The van der Waals surface area contributed by atoms with Gasteiger partial charge in [-0.15, -0.1) is 0 Å². The second kappa shape index (κ2) is 9.30. The summed E-state index contributed by atoms with van der Waals surface area (Å²) < 4.78 is 12.4. The van der Waals surface area contributed by atoms with Crippen molar-refractivity contribution in [1.29, 1.82) is 0 Å². The first-order valence-corrected chi connectivity index (χ1v) is 9.32. The molecule has 1 atom stereocenters. The van der Waals surface area contributed by atoms with E-state index >= 15 is 0 Å². The molecule has 1 heterocycles. The largest absolute Gasteiger partial charge is 0.497 e. The number of aryl methyl sites for hydroxylation is 1. The van der Waals surface area contributed by atoms with Crippen molar-refractivity contribution < 1.29 is 14.3 Å². The molecule has 150 valence electrons. The summed E-state index contributed by atoms with van der Waals surface area (Å²) in [6, 6.07) is 12.3. The van der Waals surface area contributed by atoms with Gasteiger partial charge in [0.25, 0.3) is 0 Å². The van der Waals surface area contributed by atoms with Crippen molar-refractivity contribution in [3.8, 4) is 11.5 Å². The third-order valence-corrected chi connectivity index (χ3v) is 4.66. The van der Waals surface area contributed by atoms with Crippen LogP contribution in [0.15, 0.2) is 60.9 Å². The topological polar surface area (TPSA) is 65.4 Å². The normalized spacial score (nSPS) is 12.0. The molecular formula is C22H22ClN3O3. The minimum absolute atomic E-state index is 0.255. The first kappa shape index (κ1) is 20.5. The molecule has 2 aromatic carbocycles. The van der Waals surface area contributed by atoms with Crippen molar-refractivity contribution in [2.75, 3.05) is 14.2 Å². The van der Waals surface area contributed by atoms with Crippen LogP contribution in [0, 0.1) is 0 Å². The summed E-state index contributed by atoms with van der Waals surface area (Å²) in [5.74, 6) is 1.76. The van der Waals surface area contributed by atoms with Crippen molar-refractivity contribution in [2.45, 2.75) is 6.04 Å². The third-order valence-electron chi connectivity index (χ3n) is 4.41. The van der Waals surface area contributed by atoms with Gasteiger partial charge in [0.1, 0.15) is 23.4 Å². The quantitative estimate of drug-likeness (QED) is 0.596. The number of carbonyl (C=O) groups is 1. The molecular weight excluding hydrogens is 390 g/mol. The Morgan fingerprint density at radius 1 is 1.14 bits per heavy atom. The summed E-state index contributed by atoms with van der Waals surface area (Å²) >= 11 is 6.01. The number of carbonyl (C=O) groups excluding carboxylic acids is 1. The Hall–Kier alpha value is -3.25. The number of nitrogens with one attached hydrogen (secondary N) is 1. The van der Waals surface area contributed by atoms with Gasteiger partial charge in [-0.3, -0.25) is 4.79 Å². The average molecular weight is 412 g/mol. The maximum atomic E-state index is 12.7. The highest BCUT2D eigenvalue weighted by molar-refractivity contribution is 6.30. The van der Waals surface area contributed by atoms with E-state index in [1.807, 2.05) is 42.1 Å². The maximum absolute atomic E-state index is 12.7. The molecule has 0 radical (unpaired) electrons. The third kappa shape index (κ3) is 5.18. The molecule has 0 bridgehead atoms. The van der Waals surface area contributed by atoms with Crippen molar-refractivity contribution in [1.82, 2.24) is 14.9 Å². The lowest BCUT2D eigenvalue weighted by molar-refractivity contribution is -0.117. The molecule has 1 N–H and O–H groups in total. The van der Waals surface area contributed by atoms with Crippen LogP contribution in [0.2, 0.25) is 5.02 Å². The van der Waals surface area contributed by atoms with E-state index in [4.69, 9.17) is 21.1 Å². The van der Waals surface area contributed by atoms with E-state index in [2.05, 4.69) is 10.3 Å². The predicted octanol–water partition coefficient (Wildman–Crippen LogP) is 4.01. The van der Waals surface area contributed by atoms with Gasteiger partial charge < -0.3 is 19.4 Å². The summed E-state index contributed by atoms with van der Waals surface area (Å²) in [6.07, 6.45) is 6.71. The molecule has 1 aromatic heterocycles. The summed E-state index contributed by atoms with van der Waals surface area (Å²) in [7, 11) is 5.05. The van der Waals surface area contributed by atoms with Gasteiger partial charge in [-0.2, -0.15) is 0 Å². The van der Waals surface area contributed by atoms with E-state index < -0.39 is 6.04 Å². The standard InChI is InChI=1S/C22H22ClN3O3/c1-26-11-10-24-22(26)21(16-5-7-17(23)8-6-16)25-20(27)9-4-15-12-18(28-2)14-19(13-15)29-3/h4-14,21H,1-3H3,(H,25,27). The minimum Gasteiger partial charge on any atom is -0.497 e. The van der Waals surface area contributed by atoms with E-state index in [9.17, 15) is 4.79 Å². The molecule has 7 heteroatoms. The maximum Gasteiger partial charge on any atom is 0.244 e. The fraction of sp³-hybridized carbons (Fsp3) is 0.182. The highest BCUT2D eigenvalue weighted by Crippen LogP contribution is 2.24. The predicted molar refractivity (Wildman–Crippen MR) is 113 cm³/mol. The van der Waals surface area contributed by atoms with Crippen LogP contribution in [0.1, 0.15) is 23.0 Å². The van der Waals surface area contributed by atoms with E-state index in [1.54, 1.807) is 44.7 Å². The lowest BCUT2D eigenvalue weighted by Crippen LogP contribution is -2.29. The van der Waals surface area contributed by atoms with Gasteiger partial charge in [0.15, 0.2) is 0 Å². The SMILES string of the molecule is COc1cc(C=CC(=O)NC(c2ccc(Cl)cc2)c2nccn2C)cc(OC)c1. The molecule has 3 aromatic rings. The van der Waals surface area contributed by atoms with Gasteiger partial charge in [0.2, 0.25) is 5.91 Å². The Morgan fingerprint density at radius 2 is 1.79 bits per heavy atom. The van der Waals surface area contributed by atoms with Gasteiger partial charge in [0, 0.05) is 36.6 Å². The Labute approximate surface area is 174 Å². The van der Waals surface area contributed by atoms with E-state index in [1.165, 1.54) is 6.08 Å². The Balaban J connectivity index is 1.83. The molecule has 1 unspecified atom stereocenters. The number of amides is 1. The van der Waals surface area contributed by atoms with Gasteiger partial charge in [-0.1, -0.05) is 23.7 Å². The minimum atomic E-state index is -0.413. The van der Waals surface area contributed by atoms with Crippen LogP contribution in [-0.2, 0) is 11.8 Å². The molecule has 6 nitrogen and oxygen atoms in total. The number of hydrogen-bond donors (Lipinski definition) is 1. The zero-order valence-corrected chi connectivity index (χ0v) is 17.2.